The first-order valence-electron chi connectivity index (χ1n) is 6.58. The van der Waals surface area contributed by atoms with Gasteiger partial charge >= 0.3 is 0 Å². The lowest BCUT2D eigenvalue weighted by molar-refractivity contribution is 0.460. The molecule has 0 atom stereocenters. The summed E-state index contributed by atoms with van der Waals surface area (Å²) in [6.45, 7) is 1.82. The van der Waals surface area contributed by atoms with Crippen molar-refractivity contribution in [2.45, 2.75) is 51.1 Å². The van der Waals surface area contributed by atoms with Gasteiger partial charge in [0, 0.05) is 19.2 Å². The molecule has 0 bridgehead atoms. The number of unbranched alkanes of at least 4 members (excludes halogenated alkanes) is 1. The molecule has 0 aromatic carbocycles. The summed E-state index contributed by atoms with van der Waals surface area (Å²) in [4.78, 5) is 0. The van der Waals surface area contributed by atoms with Crippen molar-refractivity contribution in [2.75, 3.05) is 6.54 Å². The molecule has 1 saturated carbocycles. The summed E-state index contributed by atoms with van der Waals surface area (Å²) in [5.74, 6) is 2.65. The summed E-state index contributed by atoms with van der Waals surface area (Å²) in [6.07, 6.45) is 14.5. The minimum atomic E-state index is 0.644. The molecule has 0 amide bonds. The second-order valence-electron chi connectivity index (χ2n) is 4.71. The molecule has 1 aromatic rings. The molecule has 92 valence electrons. The number of aromatic nitrogens is 2. The smallest absolute Gasteiger partial charge is 0.0762 e. The fraction of sp³-hybridized carbons (Fsp3) is 0.643. The molecule has 0 aliphatic heterocycles. The van der Waals surface area contributed by atoms with E-state index in [0.29, 0.717) is 6.04 Å². The van der Waals surface area contributed by atoms with Crippen LogP contribution in [-0.4, -0.2) is 16.3 Å². The van der Waals surface area contributed by atoms with Crippen LogP contribution in [0.4, 0.5) is 0 Å². The van der Waals surface area contributed by atoms with Gasteiger partial charge in [-0.15, -0.1) is 12.3 Å². The van der Waals surface area contributed by atoms with Gasteiger partial charge in [0.1, 0.15) is 0 Å². The van der Waals surface area contributed by atoms with Crippen molar-refractivity contribution < 1.29 is 0 Å². The Morgan fingerprint density at radius 3 is 3.06 bits per heavy atom. The number of hydrogen-bond acceptors (Lipinski definition) is 2. The van der Waals surface area contributed by atoms with Gasteiger partial charge in [0.25, 0.3) is 0 Å². The molecule has 0 radical (unpaired) electrons. The highest BCUT2D eigenvalue weighted by Crippen LogP contribution is 2.28. The van der Waals surface area contributed by atoms with Gasteiger partial charge in [0.2, 0.25) is 0 Å². The third-order valence-corrected chi connectivity index (χ3v) is 3.34. The first kappa shape index (κ1) is 12.2. The Morgan fingerprint density at radius 1 is 1.47 bits per heavy atom. The average molecular weight is 231 g/mol. The summed E-state index contributed by atoms with van der Waals surface area (Å²) in [7, 11) is 0. The number of rotatable bonds is 6. The van der Waals surface area contributed by atoms with Crippen molar-refractivity contribution >= 4 is 0 Å². The molecular weight excluding hydrogens is 210 g/mol. The van der Waals surface area contributed by atoms with Gasteiger partial charge in [0.05, 0.1) is 11.7 Å². The van der Waals surface area contributed by atoms with E-state index in [0.717, 1.165) is 31.6 Å². The summed E-state index contributed by atoms with van der Waals surface area (Å²) >= 11 is 0. The largest absolute Gasteiger partial charge is 0.311 e. The molecule has 0 saturated heterocycles. The molecular formula is C14H21N3. The molecule has 3 heteroatoms. The number of nitrogens with zero attached hydrogens (tertiary/aromatic N) is 2. The van der Waals surface area contributed by atoms with E-state index in [1.165, 1.54) is 25.7 Å². The SMILES string of the molecule is C#CCCCNCc1ccn(C2CCCC2)n1. The van der Waals surface area contributed by atoms with E-state index in [1.807, 2.05) is 0 Å². The molecule has 0 unspecified atom stereocenters. The summed E-state index contributed by atoms with van der Waals surface area (Å²) in [5.41, 5.74) is 1.14. The highest BCUT2D eigenvalue weighted by molar-refractivity contribution is 4.99. The fourth-order valence-corrected chi connectivity index (χ4v) is 2.38. The topological polar surface area (TPSA) is 29.9 Å². The maximum atomic E-state index is 5.20. The number of nitrogens with one attached hydrogen (secondary N) is 1. The lowest BCUT2D eigenvalue weighted by Gasteiger charge is -2.08. The zero-order chi connectivity index (χ0) is 11.9. The van der Waals surface area contributed by atoms with E-state index in [9.17, 15) is 0 Å². The van der Waals surface area contributed by atoms with Crippen LogP contribution in [0.15, 0.2) is 12.3 Å². The highest BCUT2D eigenvalue weighted by atomic mass is 15.3. The van der Waals surface area contributed by atoms with E-state index >= 15 is 0 Å². The van der Waals surface area contributed by atoms with Crippen LogP contribution in [0.25, 0.3) is 0 Å². The third kappa shape index (κ3) is 3.61. The van der Waals surface area contributed by atoms with Crippen LogP contribution in [0, 0.1) is 12.3 Å². The maximum absolute atomic E-state index is 5.20. The van der Waals surface area contributed by atoms with Crippen LogP contribution in [0.2, 0.25) is 0 Å². The fourth-order valence-electron chi connectivity index (χ4n) is 2.38. The van der Waals surface area contributed by atoms with Gasteiger partial charge in [-0.25, -0.2) is 0 Å². The third-order valence-electron chi connectivity index (χ3n) is 3.34. The predicted octanol–water partition coefficient (Wildman–Crippen LogP) is 2.50. The summed E-state index contributed by atoms with van der Waals surface area (Å²) < 4.78 is 2.14. The first-order chi connectivity index (χ1) is 8.40. The predicted molar refractivity (Wildman–Crippen MR) is 69.5 cm³/mol. The zero-order valence-corrected chi connectivity index (χ0v) is 10.4. The van der Waals surface area contributed by atoms with Crippen LogP contribution in [-0.2, 0) is 6.54 Å². The standard InChI is InChI=1S/C14H21N3/c1-2-3-6-10-15-12-13-9-11-17(16-13)14-7-4-5-8-14/h1,9,11,14-15H,3-8,10,12H2. The minimum absolute atomic E-state index is 0.644. The van der Waals surface area contributed by atoms with Crippen LogP contribution in [0.3, 0.4) is 0 Å². The molecule has 0 spiro atoms. The van der Waals surface area contributed by atoms with Gasteiger partial charge in [-0.2, -0.15) is 5.10 Å². The zero-order valence-electron chi connectivity index (χ0n) is 10.4. The molecule has 17 heavy (non-hydrogen) atoms. The van der Waals surface area contributed by atoms with Crippen LogP contribution < -0.4 is 5.32 Å². The molecule has 1 heterocycles. The monoisotopic (exact) mass is 231 g/mol. The maximum Gasteiger partial charge on any atom is 0.0762 e. The van der Waals surface area contributed by atoms with Crippen molar-refractivity contribution in [1.82, 2.24) is 15.1 Å². The van der Waals surface area contributed by atoms with Crippen molar-refractivity contribution in [2.24, 2.45) is 0 Å². The van der Waals surface area contributed by atoms with E-state index in [1.54, 1.807) is 0 Å². The Hall–Kier alpha value is -1.27. The lowest BCUT2D eigenvalue weighted by atomic mass is 10.3. The van der Waals surface area contributed by atoms with Crippen LogP contribution in [0.5, 0.6) is 0 Å². The van der Waals surface area contributed by atoms with Crippen LogP contribution in [0.1, 0.15) is 50.3 Å². The Balaban J connectivity index is 1.72. The van der Waals surface area contributed by atoms with Gasteiger partial charge in [-0.05, 0) is 31.9 Å². The number of terminal acetylenes is 1. The van der Waals surface area contributed by atoms with Crippen molar-refractivity contribution in [3.8, 4) is 12.3 Å². The Kier molecular flexibility index (Phi) is 4.63. The molecule has 1 fully saturated rings. The first-order valence-corrected chi connectivity index (χ1v) is 6.58. The quantitative estimate of drug-likeness (QED) is 0.602. The summed E-state index contributed by atoms with van der Waals surface area (Å²) in [6, 6.07) is 2.76. The molecule has 3 nitrogen and oxygen atoms in total. The van der Waals surface area contributed by atoms with Gasteiger partial charge < -0.3 is 5.32 Å². The van der Waals surface area contributed by atoms with Crippen molar-refractivity contribution in [3.05, 3.63) is 18.0 Å². The molecule has 1 aliphatic rings. The van der Waals surface area contributed by atoms with E-state index < -0.39 is 0 Å². The second kappa shape index (κ2) is 6.46. The molecule has 1 aliphatic carbocycles. The summed E-state index contributed by atoms with van der Waals surface area (Å²) in [5, 5.41) is 7.99. The van der Waals surface area contributed by atoms with Crippen molar-refractivity contribution in [1.29, 1.82) is 0 Å². The van der Waals surface area contributed by atoms with Gasteiger partial charge in [-0.1, -0.05) is 12.8 Å². The van der Waals surface area contributed by atoms with E-state index in [2.05, 4.69) is 33.3 Å². The van der Waals surface area contributed by atoms with E-state index in [-0.39, 0.29) is 0 Å². The molecule has 2 rings (SSSR count). The number of hydrogen-bond donors (Lipinski definition) is 1. The Labute approximate surface area is 104 Å². The van der Waals surface area contributed by atoms with Gasteiger partial charge in [-0.3, -0.25) is 4.68 Å². The second-order valence-corrected chi connectivity index (χ2v) is 4.71. The average Bonchev–Trinajstić information content (AvgIpc) is 2.99. The van der Waals surface area contributed by atoms with E-state index in [4.69, 9.17) is 6.42 Å². The lowest BCUT2D eigenvalue weighted by Crippen LogP contribution is -2.15. The minimum Gasteiger partial charge on any atom is -0.311 e. The molecule has 1 N–H and O–H groups in total. The normalized spacial score (nSPS) is 16.2. The van der Waals surface area contributed by atoms with Crippen molar-refractivity contribution in [3.63, 3.8) is 0 Å². The molecule has 1 aromatic heterocycles. The van der Waals surface area contributed by atoms with Gasteiger partial charge in [0.15, 0.2) is 0 Å². The van der Waals surface area contributed by atoms with Crippen LogP contribution >= 0.6 is 0 Å². The Bertz CT molecular complexity index is 369. The Morgan fingerprint density at radius 2 is 2.29 bits per heavy atom. The highest BCUT2D eigenvalue weighted by Gasteiger charge is 2.17.